The quantitative estimate of drug-likeness (QED) is 0.277. The molecule has 0 saturated heterocycles. The highest BCUT2D eigenvalue weighted by atomic mass is 19.1. The molecular formula is C28H24F2N6O4. The number of benzene rings is 2. The monoisotopic (exact) mass is 546 g/mol. The highest BCUT2D eigenvalue weighted by Crippen LogP contribution is 2.33. The van der Waals surface area contributed by atoms with Crippen molar-refractivity contribution < 1.29 is 18.3 Å². The largest absolute Gasteiger partial charge is 0.453 e. The third-order valence-corrected chi connectivity index (χ3v) is 6.30. The molecule has 0 aliphatic carbocycles. The van der Waals surface area contributed by atoms with E-state index in [4.69, 9.17) is 4.74 Å². The summed E-state index contributed by atoms with van der Waals surface area (Å²) in [6.07, 6.45) is 2.40. The first kappa shape index (κ1) is 26.5. The lowest BCUT2D eigenvalue weighted by Gasteiger charge is -2.15. The van der Waals surface area contributed by atoms with E-state index in [1.54, 1.807) is 27.0 Å². The number of anilines is 1. The second kappa shape index (κ2) is 10.6. The van der Waals surface area contributed by atoms with Crippen molar-refractivity contribution in [2.75, 3.05) is 12.4 Å². The Morgan fingerprint density at radius 2 is 1.82 bits per heavy atom. The van der Waals surface area contributed by atoms with Crippen molar-refractivity contribution >= 4 is 22.6 Å². The molecule has 0 unspecified atom stereocenters. The summed E-state index contributed by atoms with van der Waals surface area (Å²) in [6, 6.07) is 10.0. The second-order valence-electron chi connectivity index (χ2n) is 9.27. The third-order valence-electron chi connectivity index (χ3n) is 6.30. The first-order chi connectivity index (χ1) is 19.2. The molecule has 2 aromatic carbocycles. The van der Waals surface area contributed by atoms with Gasteiger partial charge in [0.25, 0.3) is 5.56 Å². The predicted octanol–water partition coefficient (Wildman–Crippen LogP) is 4.39. The summed E-state index contributed by atoms with van der Waals surface area (Å²) in [4.78, 5) is 43.7. The number of carbonyl (C=O) groups is 1. The molecule has 0 atom stereocenters. The molecule has 40 heavy (non-hydrogen) atoms. The molecule has 0 saturated carbocycles. The molecule has 0 radical (unpaired) electrons. The summed E-state index contributed by atoms with van der Waals surface area (Å²) in [7, 11) is 1.68. The molecule has 3 heterocycles. The highest BCUT2D eigenvalue weighted by molar-refractivity contribution is 5.97. The van der Waals surface area contributed by atoms with E-state index >= 15 is 4.39 Å². The van der Waals surface area contributed by atoms with Gasteiger partial charge in [-0.05, 0) is 55.8 Å². The highest BCUT2D eigenvalue weighted by Gasteiger charge is 2.21. The van der Waals surface area contributed by atoms with Crippen LogP contribution in [0.5, 0.6) is 11.5 Å². The van der Waals surface area contributed by atoms with Crippen molar-refractivity contribution in [1.82, 2.24) is 24.3 Å². The number of hydrogen-bond donors (Lipinski definition) is 2. The van der Waals surface area contributed by atoms with Gasteiger partial charge in [-0.15, -0.1) is 0 Å². The number of ether oxygens (including phenoxy) is 1. The van der Waals surface area contributed by atoms with E-state index in [9.17, 15) is 18.8 Å². The Balaban J connectivity index is 1.46. The van der Waals surface area contributed by atoms with Crippen LogP contribution in [0.2, 0.25) is 0 Å². The van der Waals surface area contributed by atoms with Crippen LogP contribution in [0.3, 0.4) is 0 Å². The van der Waals surface area contributed by atoms with Gasteiger partial charge in [0.2, 0.25) is 0 Å². The van der Waals surface area contributed by atoms with Gasteiger partial charge >= 0.3 is 5.69 Å². The molecule has 0 bridgehead atoms. The number of nitrogens with one attached hydrogen (secondary N) is 2. The van der Waals surface area contributed by atoms with E-state index in [1.807, 2.05) is 0 Å². The predicted molar refractivity (Wildman–Crippen MR) is 145 cm³/mol. The fourth-order valence-electron chi connectivity index (χ4n) is 4.28. The van der Waals surface area contributed by atoms with Crippen LogP contribution in [0.4, 0.5) is 14.6 Å². The van der Waals surface area contributed by atoms with E-state index in [2.05, 4.69) is 20.5 Å². The van der Waals surface area contributed by atoms with Crippen molar-refractivity contribution in [2.24, 2.45) is 0 Å². The summed E-state index contributed by atoms with van der Waals surface area (Å²) in [5, 5.41) is 10.3. The molecule has 0 spiro atoms. The first-order valence-corrected chi connectivity index (χ1v) is 12.3. The Hall–Kier alpha value is -5.13. The van der Waals surface area contributed by atoms with Crippen LogP contribution in [-0.2, 0) is 6.42 Å². The minimum atomic E-state index is -0.846. The van der Waals surface area contributed by atoms with Gasteiger partial charge in [0.15, 0.2) is 28.8 Å². The van der Waals surface area contributed by atoms with Crippen LogP contribution < -0.4 is 21.3 Å². The van der Waals surface area contributed by atoms with Crippen LogP contribution >= 0.6 is 0 Å². The normalized spacial score (nSPS) is 11.2. The standard InChI is InChI=1S/C28H24F2N6O4/c1-15(2)35-14-19(27(38)36(28(35)39)18-7-5-17(29)6-8-18)21(37)13-16-4-9-22(20(30)12-16)40-23-10-11-32-26-24(23)25(31-3)33-34-26/h4-12,14-15H,13H2,1-3H3,(H2,31,32,33,34). The molecular weight excluding hydrogens is 522 g/mol. The summed E-state index contributed by atoms with van der Waals surface area (Å²) in [6.45, 7) is 3.45. The Morgan fingerprint density at radius 1 is 1.07 bits per heavy atom. The van der Waals surface area contributed by atoms with Crippen LogP contribution in [0.1, 0.15) is 35.8 Å². The first-order valence-electron chi connectivity index (χ1n) is 12.3. The Morgan fingerprint density at radius 3 is 2.50 bits per heavy atom. The lowest BCUT2D eigenvalue weighted by molar-refractivity contribution is 0.0990. The number of rotatable bonds is 8. The lowest BCUT2D eigenvalue weighted by atomic mass is 10.0. The van der Waals surface area contributed by atoms with Gasteiger partial charge in [0.1, 0.15) is 22.5 Å². The van der Waals surface area contributed by atoms with Crippen LogP contribution in [0, 0.1) is 11.6 Å². The fourth-order valence-corrected chi connectivity index (χ4v) is 4.28. The Bertz CT molecular complexity index is 1860. The Kier molecular flexibility index (Phi) is 6.99. The fraction of sp³-hybridized carbons (Fsp3) is 0.179. The summed E-state index contributed by atoms with van der Waals surface area (Å²) in [5.74, 6) is -1.16. The van der Waals surface area contributed by atoms with E-state index in [1.165, 1.54) is 41.2 Å². The maximum absolute atomic E-state index is 15.1. The smallest absolute Gasteiger partial charge is 0.335 e. The van der Waals surface area contributed by atoms with Gasteiger partial charge in [0.05, 0.1) is 5.69 Å². The summed E-state index contributed by atoms with van der Waals surface area (Å²) >= 11 is 0. The van der Waals surface area contributed by atoms with Crippen molar-refractivity contribution in [1.29, 1.82) is 0 Å². The van der Waals surface area contributed by atoms with Crippen molar-refractivity contribution in [3.05, 3.63) is 105 Å². The number of pyridine rings is 1. The van der Waals surface area contributed by atoms with Crippen LogP contribution in [0.15, 0.2) is 70.5 Å². The van der Waals surface area contributed by atoms with Gasteiger partial charge in [-0.1, -0.05) is 6.07 Å². The molecule has 2 N–H and O–H groups in total. The molecule has 0 aliphatic rings. The van der Waals surface area contributed by atoms with Gasteiger partial charge in [-0.2, -0.15) is 5.10 Å². The maximum Gasteiger partial charge on any atom is 0.335 e. The number of nitrogens with zero attached hydrogens (tertiary/aromatic N) is 4. The number of Topliss-reactive ketones (excluding diaryl/α,β-unsaturated/α-hetero) is 1. The van der Waals surface area contributed by atoms with Crippen molar-refractivity contribution in [3.8, 4) is 17.2 Å². The zero-order valence-corrected chi connectivity index (χ0v) is 21.7. The average molecular weight is 547 g/mol. The van der Waals surface area contributed by atoms with Gasteiger partial charge < -0.3 is 10.1 Å². The maximum atomic E-state index is 15.1. The number of aromatic nitrogens is 5. The third kappa shape index (κ3) is 4.86. The topological polar surface area (TPSA) is 124 Å². The minimum absolute atomic E-state index is 0.0843. The molecule has 0 fully saturated rings. The summed E-state index contributed by atoms with van der Waals surface area (Å²) in [5.41, 5.74) is -0.891. The van der Waals surface area contributed by atoms with Gasteiger partial charge in [0, 0.05) is 38.0 Å². The van der Waals surface area contributed by atoms with Gasteiger partial charge in [-0.25, -0.2) is 23.1 Å². The second-order valence-corrected chi connectivity index (χ2v) is 9.27. The zero-order valence-electron chi connectivity index (χ0n) is 21.7. The SMILES string of the molecule is CNc1n[nH]c2nccc(Oc3ccc(CC(=O)c4cn(C(C)C)c(=O)n(-c5ccc(F)cc5)c4=O)cc3F)c12. The molecule has 12 heteroatoms. The average Bonchev–Trinajstić information content (AvgIpc) is 3.35. The number of halogens is 2. The molecule has 0 amide bonds. The molecule has 10 nitrogen and oxygen atoms in total. The number of carbonyl (C=O) groups excluding carboxylic acids is 1. The number of hydrogen-bond acceptors (Lipinski definition) is 7. The number of ketones is 1. The minimum Gasteiger partial charge on any atom is -0.453 e. The molecule has 5 aromatic rings. The molecule has 5 rings (SSSR count). The zero-order chi connectivity index (χ0) is 28.6. The number of aromatic amines is 1. The lowest BCUT2D eigenvalue weighted by Crippen LogP contribution is -2.42. The van der Waals surface area contributed by atoms with Crippen molar-refractivity contribution in [2.45, 2.75) is 26.3 Å². The van der Waals surface area contributed by atoms with Crippen LogP contribution in [-0.4, -0.2) is 37.1 Å². The molecule has 3 aromatic heterocycles. The van der Waals surface area contributed by atoms with E-state index in [-0.39, 0.29) is 29.5 Å². The Labute approximate surface area is 225 Å². The van der Waals surface area contributed by atoms with E-state index < -0.39 is 28.7 Å². The van der Waals surface area contributed by atoms with Crippen LogP contribution in [0.25, 0.3) is 16.7 Å². The summed E-state index contributed by atoms with van der Waals surface area (Å²) < 4.78 is 36.4. The molecule has 0 aliphatic heterocycles. The van der Waals surface area contributed by atoms with Crippen molar-refractivity contribution in [3.63, 3.8) is 0 Å². The number of H-pyrrole nitrogens is 1. The number of fused-ring (bicyclic) bond motifs is 1. The van der Waals surface area contributed by atoms with Gasteiger partial charge in [-0.3, -0.25) is 19.3 Å². The molecule has 204 valence electrons. The van der Waals surface area contributed by atoms with E-state index in [0.717, 1.165) is 22.8 Å². The van der Waals surface area contributed by atoms with E-state index in [0.29, 0.717) is 28.2 Å².